The molecule has 1 aliphatic rings. The molecule has 178 valence electrons. The quantitative estimate of drug-likeness (QED) is 0.698. The number of aliphatic carboxylic acids is 1. The number of alkyl halides is 3. The van der Waals surface area contributed by atoms with Crippen LogP contribution in [0.2, 0.25) is 0 Å². The van der Waals surface area contributed by atoms with Gasteiger partial charge < -0.3 is 15.6 Å². The molecule has 0 saturated heterocycles. The van der Waals surface area contributed by atoms with Crippen molar-refractivity contribution in [3.63, 3.8) is 0 Å². The highest BCUT2D eigenvalue weighted by Gasteiger charge is 2.38. The van der Waals surface area contributed by atoms with Crippen LogP contribution in [0.5, 0.6) is 5.75 Å². The summed E-state index contributed by atoms with van der Waals surface area (Å²) in [5.41, 5.74) is 8.92. The average molecular weight is 465 g/mol. The molecule has 0 aliphatic carbocycles. The number of aryl methyl sites for hydroxylation is 1. The zero-order valence-corrected chi connectivity index (χ0v) is 18.5. The van der Waals surface area contributed by atoms with Crippen molar-refractivity contribution in [3.8, 4) is 16.9 Å². The SMILES string of the molecule is COc1cccc(-c2cccc(CC[C@]3(C)CC(=O)N(C)C(N)=N3)c2)c1.O=C(O)C(F)(F)F. The van der Waals surface area contributed by atoms with Crippen LogP contribution in [-0.2, 0) is 16.0 Å². The fourth-order valence-electron chi connectivity index (χ4n) is 3.23. The highest BCUT2D eigenvalue weighted by atomic mass is 19.4. The largest absolute Gasteiger partial charge is 0.497 e. The summed E-state index contributed by atoms with van der Waals surface area (Å²) in [4.78, 5) is 26.9. The Labute approximate surface area is 189 Å². The van der Waals surface area contributed by atoms with Gasteiger partial charge in [0.2, 0.25) is 5.91 Å². The maximum atomic E-state index is 12.1. The Balaban J connectivity index is 0.000000479. The van der Waals surface area contributed by atoms with E-state index in [1.54, 1.807) is 14.2 Å². The summed E-state index contributed by atoms with van der Waals surface area (Å²) in [6.45, 7) is 2.00. The zero-order valence-electron chi connectivity index (χ0n) is 18.5. The van der Waals surface area contributed by atoms with Crippen molar-refractivity contribution in [2.24, 2.45) is 10.7 Å². The molecule has 0 bridgehead atoms. The molecule has 0 saturated carbocycles. The molecule has 0 spiro atoms. The molecular weight excluding hydrogens is 439 g/mol. The number of carbonyl (C=O) groups excluding carboxylic acids is 1. The summed E-state index contributed by atoms with van der Waals surface area (Å²) < 4.78 is 37.0. The number of amides is 1. The number of nitrogens with zero attached hydrogens (tertiary/aromatic N) is 2. The molecular formula is C23H26F3N3O4. The molecule has 2 aromatic carbocycles. The molecule has 0 aromatic heterocycles. The third-order valence-electron chi connectivity index (χ3n) is 5.16. The molecule has 0 fully saturated rings. The third kappa shape index (κ3) is 7.23. The molecule has 3 rings (SSSR count). The van der Waals surface area contributed by atoms with Crippen LogP contribution in [0.15, 0.2) is 53.5 Å². The maximum Gasteiger partial charge on any atom is 0.490 e. The van der Waals surface area contributed by atoms with Crippen LogP contribution in [0.4, 0.5) is 13.2 Å². The Hall–Kier alpha value is -3.56. The Morgan fingerprint density at radius 1 is 1.21 bits per heavy atom. The van der Waals surface area contributed by atoms with Crippen LogP contribution in [0.25, 0.3) is 11.1 Å². The highest BCUT2D eigenvalue weighted by Crippen LogP contribution is 2.29. The van der Waals surface area contributed by atoms with Crippen molar-refractivity contribution in [2.45, 2.75) is 37.9 Å². The van der Waals surface area contributed by atoms with E-state index in [1.807, 2.05) is 25.1 Å². The van der Waals surface area contributed by atoms with E-state index in [-0.39, 0.29) is 5.91 Å². The number of benzene rings is 2. The normalized spacial score (nSPS) is 18.2. The number of aliphatic imine (C=N–C) groups is 1. The summed E-state index contributed by atoms with van der Waals surface area (Å²) in [6.07, 6.45) is -3.09. The molecule has 7 nitrogen and oxygen atoms in total. The lowest BCUT2D eigenvalue weighted by Gasteiger charge is -2.33. The predicted molar refractivity (Wildman–Crippen MR) is 118 cm³/mol. The van der Waals surface area contributed by atoms with Crippen molar-refractivity contribution >= 4 is 17.8 Å². The molecule has 10 heteroatoms. The van der Waals surface area contributed by atoms with E-state index in [1.165, 1.54) is 10.5 Å². The van der Waals surface area contributed by atoms with E-state index in [0.29, 0.717) is 12.4 Å². The van der Waals surface area contributed by atoms with Gasteiger partial charge >= 0.3 is 12.1 Å². The standard InChI is InChI=1S/C21H25N3O2.C2HF3O2/c1-21(14-19(25)24(2)20(22)23-21)11-10-15-6-4-7-16(12-15)17-8-5-9-18(13-17)26-3;3-2(4,5)1(6)7/h4-9,12-13H,10-11,14H2,1-3H3,(H2,22,23);(H,6,7)/t21-;/m1./s1. The zero-order chi connectivity index (χ0) is 24.8. The van der Waals surface area contributed by atoms with Gasteiger partial charge in [0.15, 0.2) is 5.96 Å². The number of halogens is 3. The first kappa shape index (κ1) is 25.7. The first-order chi connectivity index (χ1) is 15.3. The molecule has 0 unspecified atom stereocenters. The van der Waals surface area contributed by atoms with Gasteiger partial charge in [-0.15, -0.1) is 0 Å². The molecule has 3 N–H and O–H groups in total. The van der Waals surface area contributed by atoms with Gasteiger partial charge in [-0.3, -0.25) is 9.69 Å². The lowest BCUT2D eigenvalue weighted by molar-refractivity contribution is -0.192. The van der Waals surface area contributed by atoms with Crippen LogP contribution in [0, 0.1) is 0 Å². The molecule has 2 aromatic rings. The second-order valence-electron chi connectivity index (χ2n) is 7.83. The second-order valence-corrected chi connectivity index (χ2v) is 7.83. The fourth-order valence-corrected chi connectivity index (χ4v) is 3.23. The van der Waals surface area contributed by atoms with Crippen molar-refractivity contribution in [3.05, 3.63) is 54.1 Å². The molecule has 1 aliphatic heterocycles. The fraction of sp³-hybridized carbons (Fsp3) is 0.348. The Kier molecular flexibility index (Phi) is 8.08. The van der Waals surface area contributed by atoms with Gasteiger partial charge in [-0.2, -0.15) is 13.2 Å². The Morgan fingerprint density at radius 3 is 2.33 bits per heavy atom. The number of methoxy groups -OCH3 is 1. The number of rotatable bonds is 5. The van der Waals surface area contributed by atoms with Crippen molar-refractivity contribution in [1.29, 1.82) is 0 Å². The van der Waals surface area contributed by atoms with Crippen LogP contribution in [0.1, 0.15) is 25.3 Å². The average Bonchev–Trinajstić information content (AvgIpc) is 2.76. The van der Waals surface area contributed by atoms with Gasteiger partial charge in [0.05, 0.1) is 19.1 Å². The minimum absolute atomic E-state index is 0.0186. The van der Waals surface area contributed by atoms with E-state index >= 15 is 0 Å². The lowest BCUT2D eigenvalue weighted by Crippen LogP contribution is -2.48. The Bertz CT molecular complexity index is 1040. The summed E-state index contributed by atoms with van der Waals surface area (Å²) in [5, 5.41) is 7.12. The van der Waals surface area contributed by atoms with Crippen LogP contribution in [0.3, 0.4) is 0 Å². The first-order valence-electron chi connectivity index (χ1n) is 10.00. The minimum Gasteiger partial charge on any atom is -0.497 e. The van der Waals surface area contributed by atoms with Gasteiger partial charge in [-0.25, -0.2) is 9.79 Å². The monoisotopic (exact) mass is 465 g/mol. The molecule has 1 atom stereocenters. The molecule has 1 heterocycles. The number of hydrogen-bond acceptors (Lipinski definition) is 5. The third-order valence-corrected chi connectivity index (χ3v) is 5.16. The number of nitrogens with two attached hydrogens (primary N) is 1. The second kappa shape index (κ2) is 10.4. The number of carbonyl (C=O) groups is 2. The predicted octanol–water partition coefficient (Wildman–Crippen LogP) is 3.86. The van der Waals surface area contributed by atoms with Gasteiger partial charge in [-0.05, 0) is 48.6 Å². The highest BCUT2D eigenvalue weighted by molar-refractivity contribution is 5.98. The number of carboxylic acid groups (broad SMARTS) is 1. The summed E-state index contributed by atoms with van der Waals surface area (Å²) >= 11 is 0. The van der Waals surface area contributed by atoms with E-state index in [2.05, 4.69) is 35.3 Å². The minimum atomic E-state index is -5.08. The summed E-state index contributed by atoms with van der Waals surface area (Å²) in [7, 11) is 3.34. The number of hydrogen-bond donors (Lipinski definition) is 2. The van der Waals surface area contributed by atoms with Gasteiger partial charge in [0.1, 0.15) is 5.75 Å². The van der Waals surface area contributed by atoms with Crippen molar-refractivity contribution in [1.82, 2.24) is 4.90 Å². The van der Waals surface area contributed by atoms with E-state index < -0.39 is 17.7 Å². The molecule has 1 amide bonds. The van der Waals surface area contributed by atoms with E-state index in [4.69, 9.17) is 20.4 Å². The summed E-state index contributed by atoms with van der Waals surface area (Å²) in [5.74, 6) is -1.60. The summed E-state index contributed by atoms with van der Waals surface area (Å²) in [6, 6.07) is 16.5. The Morgan fingerprint density at radius 2 is 1.79 bits per heavy atom. The lowest BCUT2D eigenvalue weighted by atomic mass is 9.88. The number of ether oxygens (including phenoxy) is 1. The van der Waals surface area contributed by atoms with Crippen LogP contribution < -0.4 is 10.5 Å². The van der Waals surface area contributed by atoms with E-state index in [0.717, 1.165) is 29.7 Å². The van der Waals surface area contributed by atoms with Crippen LogP contribution in [-0.4, -0.2) is 53.7 Å². The number of guanidine groups is 1. The van der Waals surface area contributed by atoms with Gasteiger partial charge in [0, 0.05) is 7.05 Å². The first-order valence-corrected chi connectivity index (χ1v) is 10.00. The van der Waals surface area contributed by atoms with Gasteiger partial charge in [0.25, 0.3) is 0 Å². The van der Waals surface area contributed by atoms with E-state index in [9.17, 15) is 18.0 Å². The maximum absolute atomic E-state index is 12.1. The van der Waals surface area contributed by atoms with Crippen molar-refractivity contribution in [2.75, 3.05) is 14.2 Å². The smallest absolute Gasteiger partial charge is 0.490 e. The molecule has 0 radical (unpaired) electrons. The molecule has 33 heavy (non-hydrogen) atoms. The topological polar surface area (TPSA) is 105 Å². The van der Waals surface area contributed by atoms with Crippen molar-refractivity contribution < 1.29 is 32.6 Å². The van der Waals surface area contributed by atoms with Gasteiger partial charge in [-0.1, -0.05) is 36.4 Å². The van der Waals surface area contributed by atoms with Crippen LogP contribution >= 0.6 is 0 Å². The number of carboxylic acids is 1.